The Morgan fingerprint density at radius 3 is 2.62 bits per heavy atom. The average molecular weight is 181 g/mol. The lowest BCUT2D eigenvalue weighted by Crippen LogP contribution is -2.28. The van der Waals surface area contributed by atoms with E-state index < -0.39 is 0 Å². The van der Waals surface area contributed by atoms with Gasteiger partial charge < -0.3 is 5.73 Å². The van der Waals surface area contributed by atoms with Crippen LogP contribution >= 0.6 is 0 Å². The van der Waals surface area contributed by atoms with Gasteiger partial charge in [-0.3, -0.25) is 4.57 Å². The second kappa shape index (κ2) is 3.20. The minimum Gasteiger partial charge on any atom is -0.383 e. The van der Waals surface area contributed by atoms with E-state index in [0.717, 1.165) is 0 Å². The summed E-state index contributed by atoms with van der Waals surface area (Å²) in [5.41, 5.74) is 5.16. The summed E-state index contributed by atoms with van der Waals surface area (Å²) in [5.74, 6) is 0.273. The van der Waals surface area contributed by atoms with E-state index in [1.54, 1.807) is 16.8 Å². The fraction of sp³-hybridized carbons (Fsp3) is 0.556. The zero-order chi connectivity index (χ0) is 10.1. The minimum atomic E-state index is -0.282. The maximum atomic E-state index is 11.3. The average Bonchev–Trinajstić information content (AvgIpc) is 1.93. The highest BCUT2D eigenvalue weighted by atomic mass is 16.1. The summed E-state index contributed by atoms with van der Waals surface area (Å²) < 4.78 is 1.57. The Morgan fingerprint density at radius 2 is 2.15 bits per heavy atom. The van der Waals surface area contributed by atoms with Gasteiger partial charge in [0.05, 0.1) is 0 Å². The van der Waals surface area contributed by atoms with Crippen LogP contribution in [-0.2, 0) is 6.54 Å². The van der Waals surface area contributed by atoms with E-state index in [0.29, 0.717) is 6.54 Å². The van der Waals surface area contributed by atoms with Gasteiger partial charge in [-0.2, -0.15) is 4.98 Å². The number of anilines is 1. The van der Waals surface area contributed by atoms with Gasteiger partial charge in [0, 0.05) is 12.7 Å². The topological polar surface area (TPSA) is 60.9 Å². The molecule has 0 bridgehead atoms. The van der Waals surface area contributed by atoms with Crippen LogP contribution in [0.4, 0.5) is 5.82 Å². The molecule has 0 aromatic carbocycles. The molecule has 0 radical (unpaired) electrons. The molecular formula is C9H15N3O. The van der Waals surface area contributed by atoms with Crippen molar-refractivity contribution in [2.45, 2.75) is 27.3 Å². The standard InChI is InChI=1S/C9H15N3O/c1-9(2,3)6-12-5-4-7(10)11-8(12)13/h4-5H,6H2,1-3H3,(H2,10,11,13). The third-order valence-corrected chi connectivity index (χ3v) is 1.54. The Kier molecular flexibility index (Phi) is 2.40. The molecule has 0 saturated heterocycles. The van der Waals surface area contributed by atoms with Gasteiger partial charge in [-0.05, 0) is 11.5 Å². The molecule has 1 aromatic heterocycles. The lowest BCUT2D eigenvalue weighted by Gasteiger charge is -2.18. The van der Waals surface area contributed by atoms with E-state index in [9.17, 15) is 4.79 Å². The number of nitrogens with zero attached hydrogens (tertiary/aromatic N) is 2. The van der Waals surface area contributed by atoms with Gasteiger partial charge in [0.1, 0.15) is 5.82 Å². The normalized spacial score (nSPS) is 11.6. The molecule has 4 nitrogen and oxygen atoms in total. The van der Waals surface area contributed by atoms with Crippen LogP contribution in [0.15, 0.2) is 17.1 Å². The highest BCUT2D eigenvalue weighted by Gasteiger charge is 2.11. The molecule has 0 amide bonds. The molecule has 0 aliphatic rings. The zero-order valence-corrected chi connectivity index (χ0v) is 8.24. The molecule has 1 rings (SSSR count). The van der Waals surface area contributed by atoms with Crippen LogP contribution in [0.2, 0.25) is 0 Å². The van der Waals surface area contributed by atoms with Crippen LogP contribution in [0.1, 0.15) is 20.8 Å². The van der Waals surface area contributed by atoms with E-state index in [2.05, 4.69) is 25.8 Å². The van der Waals surface area contributed by atoms with Crippen molar-refractivity contribution in [3.8, 4) is 0 Å². The van der Waals surface area contributed by atoms with Crippen molar-refractivity contribution in [1.82, 2.24) is 9.55 Å². The number of nitrogen functional groups attached to an aromatic ring is 1. The summed E-state index contributed by atoms with van der Waals surface area (Å²) in [5, 5.41) is 0. The Bertz CT molecular complexity index is 349. The van der Waals surface area contributed by atoms with E-state index in [1.807, 2.05) is 0 Å². The highest BCUT2D eigenvalue weighted by Crippen LogP contribution is 2.14. The van der Waals surface area contributed by atoms with Crippen molar-refractivity contribution in [3.63, 3.8) is 0 Å². The Morgan fingerprint density at radius 1 is 1.54 bits per heavy atom. The summed E-state index contributed by atoms with van der Waals surface area (Å²) in [6.45, 7) is 6.85. The summed E-state index contributed by atoms with van der Waals surface area (Å²) in [4.78, 5) is 14.9. The lowest BCUT2D eigenvalue weighted by atomic mass is 9.97. The molecule has 2 N–H and O–H groups in total. The van der Waals surface area contributed by atoms with E-state index in [1.165, 1.54) is 0 Å². The first kappa shape index (κ1) is 9.77. The number of hydrogen-bond donors (Lipinski definition) is 1. The molecule has 0 atom stereocenters. The molecule has 0 saturated carbocycles. The second-order valence-electron chi connectivity index (χ2n) is 4.32. The maximum absolute atomic E-state index is 11.3. The molecule has 1 aromatic rings. The molecule has 0 spiro atoms. The van der Waals surface area contributed by atoms with Gasteiger partial charge in [0.15, 0.2) is 0 Å². The minimum absolute atomic E-state index is 0.0711. The molecule has 4 heteroatoms. The predicted molar refractivity (Wildman–Crippen MR) is 52.4 cm³/mol. The Balaban J connectivity index is 2.98. The second-order valence-corrected chi connectivity index (χ2v) is 4.32. The largest absolute Gasteiger partial charge is 0.383 e. The number of aromatic nitrogens is 2. The molecule has 72 valence electrons. The molecule has 13 heavy (non-hydrogen) atoms. The van der Waals surface area contributed by atoms with Crippen LogP contribution in [-0.4, -0.2) is 9.55 Å². The number of nitrogens with two attached hydrogens (primary N) is 1. The maximum Gasteiger partial charge on any atom is 0.349 e. The quantitative estimate of drug-likeness (QED) is 0.699. The van der Waals surface area contributed by atoms with Crippen LogP contribution in [0.3, 0.4) is 0 Å². The van der Waals surface area contributed by atoms with Gasteiger partial charge >= 0.3 is 5.69 Å². The van der Waals surface area contributed by atoms with Crippen LogP contribution in [0.5, 0.6) is 0 Å². The molecule has 0 unspecified atom stereocenters. The molecule has 0 fully saturated rings. The zero-order valence-electron chi connectivity index (χ0n) is 8.24. The monoisotopic (exact) mass is 181 g/mol. The highest BCUT2D eigenvalue weighted by molar-refractivity contribution is 5.23. The van der Waals surface area contributed by atoms with Gasteiger partial charge in [-0.25, -0.2) is 4.79 Å². The van der Waals surface area contributed by atoms with Crippen LogP contribution in [0, 0.1) is 5.41 Å². The smallest absolute Gasteiger partial charge is 0.349 e. The van der Waals surface area contributed by atoms with Crippen LogP contribution in [0.25, 0.3) is 0 Å². The van der Waals surface area contributed by atoms with Crippen molar-refractivity contribution in [2.75, 3.05) is 5.73 Å². The number of hydrogen-bond acceptors (Lipinski definition) is 3. The van der Waals surface area contributed by atoms with Crippen molar-refractivity contribution in [1.29, 1.82) is 0 Å². The fourth-order valence-electron chi connectivity index (χ4n) is 1.07. The SMILES string of the molecule is CC(C)(C)Cn1ccc(N)nc1=O. The first-order valence-electron chi connectivity index (χ1n) is 4.21. The van der Waals surface area contributed by atoms with E-state index in [-0.39, 0.29) is 16.9 Å². The number of rotatable bonds is 1. The lowest BCUT2D eigenvalue weighted by molar-refractivity contribution is 0.335. The van der Waals surface area contributed by atoms with Crippen molar-refractivity contribution >= 4 is 5.82 Å². The summed E-state index contributed by atoms with van der Waals surface area (Å²) in [7, 11) is 0. The van der Waals surface area contributed by atoms with E-state index in [4.69, 9.17) is 5.73 Å². The first-order valence-corrected chi connectivity index (χ1v) is 4.21. The van der Waals surface area contributed by atoms with E-state index >= 15 is 0 Å². The molecule has 0 aliphatic heterocycles. The summed E-state index contributed by atoms with van der Waals surface area (Å²) in [6, 6.07) is 1.63. The molecule has 1 heterocycles. The van der Waals surface area contributed by atoms with Gasteiger partial charge in [0.2, 0.25) is 0 Å². The third kappa shape index (κ3) is 2.89. The van der Waals surface area contributed by atoms with Crippen molar-refractivity contribution < 1.29 is 0 Å². The predicted octanol–water partition coefficient (Wildman–Crippen LogP) is 0.872. The van der Waals surface area contributed by atoms with Gasteiger partial charge in [-0.1, -0.05) is 20.8 Å². The summed E-state index contributed by atoms with van der Waals surface area (Å²) >= 11 is 0. The fourth-order valence-corrected chi connectivity index (χ4v) is 1.07. The Hall–Kier alpha value is -1.32. The first-order chi connectivity index (χ1) is 5.88. The van der Waals surface area contributed by atoms with Gasteiger partial charge in [0.25, 0.3) is 0 Å². The summed E-state index contributed by atoms with van der Waals surface area (Å²) in [6.07, 6.45) is 1.68. The molecule has 0 aliphatic carbocycles. The Labute approximate surface area is 77.4 Å². The van der Waals surface area contributed by atoms with Gasteiger partial charge in [-0.15, -0.1) is 0 Å². The molecular weight excluding hydrogens is 166 g/mol. The third-order valence-electron chi connectivity index (χ3n) is 1.54. The van der Waals surface area contributed by atoms with Crippen molar-refractivity contribution in [3.05, 3.63) is 22.7 Å². The van der Waals surface area contributed by atoms with Crippen LogP contribution < -0.4 is 11.4 Å². The van der Waals surface area contributed by atoms with Crippen molar-refractivity contribution in [2.24, 2.45) is 5.41 Å².